The van der Waals surface area contributed by atoms with Crippen LogP contribution in [0.15, 0.2) is 12.2 Å². The molecule has 0 aromatic heterocycles. The summed E-state index contributed by atoms with van der Waals surface area (Å²) in [5.74, 6) is 1.79. The van der Waals surface area contributed by atoms with Crippen molar-refractivity contribution in [1.82, 2.24) is 0 Å². The van der Waals surface area contributed by atoms with Crippen LogP contribution in [-0.2, 0) is 38.1 Å². The number of esters is 3. The molecule has 5 saturated carbocycles. The first-order valence-electron chi connectivity index (χ1n) is 19.7. The molecule has 0 aromatic rings. The van der Waals surface area contributed by atoms with Crippen LogP contribution in [-0.4, -0.2) is 55.2 Å². The normalized spacial score (nSPS) is 47.8. The smallest absolute Gasteiger partial charge is 0.303 e. The maximum atomic E-state index is 12.1. The summed E-state index contributed by atoms with van der Waals surface area (Å²) in [7, 11) is 0. The summed E-state index contributed by atoms with van der Waals surface area (Å²) in [6, 6.07) is 0. The van der Waals surface area contributed by atoms with Crippen LogP contribution >= 0.6 is 0 Å². The average molecular weight is 699 g/mol. The van der Waals surface area contributed by atoms with E-state index in [9.17, 15) is 14.4 Å². The lowest BCUT2D eigenvalue weighted by Gasteiger charge is -2.73. The predicted octanol–water partition coefficient (Wildman–Crippen LogP) is 8.59. The first-order valence-corrected chi connectivity index (χ1v) is 19.7. The standard InChI is InChI=1S/C42H66O8/c1-24(2)29-14-19-42(23-46-26(4)43)21-20-40(10)30(36(29)42)12-13-33-39(9)17-16-34(38(7,8)32(39)15-18-41(33,40)11)50-35-22-31(48-27(5)44)37(25(3)47-35)49-28(6)45/h25,29-37H,1,12-23H2,2-11H3/t25-,29-,30?,31-,32?,33+,34-,35-,36+,37-,39-,40+,41+,42+/m0/s1. The highest BCUT2D eigenvalue weighted by Crippen LogP contribution is 2.77. The highest BCUT2D eigenvalue weighted by Gasteiger charge is 2.71. The molecule has 1 aliphatic heterocycles. The lowest BCUT2D eigenvalue weighted by Crippen LogP contribution is -2.67. The lowest BCUT2D eigenvalue weighted by atomic mass is 9.32. The van der Waals surface area contributed by atoms with Gasteiger partial charge in [0.05, 0.1) is 18.8 Å². The van der Waals surface area contributed by atoms with E-state index in [0.29, 0.717) is 42.6 Å². The second kappa shape index (κ2) is 13.2. The molecule has 6 rings (SSSR count). The summed E-state index contributed by atoms with van der Waals surface area (Å²) in [5, 5.41) is 0. The SMILES string of the molecule is C=C(C)[C@@H]1CC[C@]2(COC(C)=O)CC[C@]3(C)C(CC[C@@H]4[C@@]5(C)CC[C@H](O[C@H]6C[C@H](OC(C)=O)[C@@H](OC(C)=O)[C@H](C)O6)C(C)(C)C5CC[C@]43C)[C@@H]12. The predicted molar refractivity (Wildman–Crippen MR) is 191 cm³/mol. The Morgan fingerprint density at radius 1 is 0.760 bits per heavy atom. The third-order valence-electron chi connectivity index (χ3n) is 16.3. The number of fused-ring (bicyclic) bond motifs is 7. The Bertz CT molecular complexity index is 1360. The van der Waals surface area contributed by atoms with Gasteiger partial charge in [-0.05, 0) is 129 Å². The molecule has 0 spiro atoms. The third-order valence-corrected chi connectivity index (χ3v) is 16.3. The van der Waals surface area contributed by atoms with Gasteiger partial charge < -0.3 is 23.7 Å². The van der Waals surface area contributed by atoms with Crippen molar-refractivity contribution >= 4 is 17.9 Å². The third kappa shape index (κ3) is 5.98. The van der Waals surface area contributed by atoms with Gasteiger partial charge in [0.15, 0.2) is 12.4 Å². The Morgan fingerprint density at radius 3 is 2.10 bits per heavy atom. The molecule has 1 saturated heterocycles. The molecule has 0 aromatic carbocycles. The first kappa shape index (κ1) is 37.8. The van der Waals surface area contributed by atoms with Crippen LogP contribution in [0.1, 0.15) is 140 Å². The van der Waals surface area contributed by atoms with E-state index in [1.54, 1.807) is 6.92 Å². The van der Waals surface area contributed by atoms with Crippen molar-refractivity contribution < 1.29 is 38.1 Å². The van der Waals surface area contributed by atoms with E-state index in [0.717, 1.165) is 25.7 Å². The van der Waals surface area contributed by atoms with Crippen LogP contribution in [0.5, 0.6) is 0 Å². The van der Waals surface area contributed by atoms with Crippen molar-refractivity contribution in [3.63, 3.8) is 0 Å². The molecule has 14 atom stereocenters. The van der Waals surface area contributed by atoms with Crippen LogP contribution in [0.3, 0.4) is 0 Å². The van der Waals surface area contributed by atoms with Crippen LogP contribution in [0, 0.1) is 56.7 Å². The lowest BCUT2D eigenvalue weighted by molar-refractivity contribution is -0.299. The van der Waals surface area contributed by atoms with Gasteiger partial charge in [-0.15, -0.1) is 0 Å². The molecule has 5 aliphatic carbocycles. The average Bonchev–Trinajstić information content (AvgIpc) is 3.40. The van der Waals surface area contributed by atoms with E-state index in [1.165, 1.54) is 57.9 Å². The fourth-order valence-corrected chi connectivity index (χ4v) is 14.0. The van der Waals surface area contributed by atoms with Gasteiger partial charge in [0.1, 0.15) is 6.10 Å². The van der Waals surface area contributed by atoms with Crippen LogP contribution in [0.2, 0.25) is 0 Å². The van der Waals surface area contributed by atoms with E-state index in [2.05, 4.69) is 48.1 Å². The van der Waals surface area contributed by atoms with Crippen molar-refractivity contribution in [2.24, 2.45) is 56.7 Å². The molecule has 0 N–H and O–H groups in total. The van der Waals surface area contributed by atoms with E-state index in [1.807, 2.05) is 6.92 Å². The van der Waals surface area contributed by atoms with Gasteiger partial charge in [0.2, 0.25) is 0 Å². The summed E-state index contributed by atoms with van der Waals surface area (Å²) < 4.78 is 30.2. The minimum Gasteiger partial charge on any atom is -0.465 e. The molecule has 8 nitrogen and oxygen atoms in total. The Balaban J connectivity index is 1.22. The summed E-state index contributed by atoms with van der Waals surface area (Å²) in [4.78, 5) is 35.9. The number of hydrogen-bond donors (Lipinski definition) is 0. The number of hydrogen-bond acceptors (Lipinski definition) is 8. The van der Waals surface area contributed by atoms with E-state index >= 15 is 0 Å². The number of carbonyl (C=O) groups is 3. The number of rotatable bonds is 7. The topological polar surface area (TPSA) is 97.4 Å². The van der Waals surface area contributed by atoms with Crippen molar-refractivity contribution in [2.45, 2.75) is 171 Å². The largest absolute Gasteiger partial charge is 0.465 e. The molecule has 0 bridgehead atoms. The Morgan fingerprint density at radius 2 is 1.46 bits per heavy atom. The van der Waals surface area contributed by atoms with Gasteiger partial charge in [0, 0.05) is 32.6 Å². The van der Waals surface area contributed by atoms with Crippen molar-refractivity contribution in [2.75, 3.05) is 6.61 Å². The second-order valence-corrected chi connectivity index (χ2v) is 19.0. The number of allylic oxidation sites excluding steroid dienone is 1. The molecule has 2 unspecified atom stereocenters. The zero-order valence-corrected chi connectivity index (χ0v) is 32.7. The molecule has 0 amide bonds. The Labute approximate surface area is 301 Å². The Hall–Kier alpha value is -1.93. The molecule has 1 heterocycles. The molecule has 6 aliphatic rings. The maximum absolute atomic E-state index is 12.1. The summed E-state index contributed by atoms with van der Waals surface area (Å²) in [6.45, 7) is 26.2. The van der Waals surface area contributed by atoms with Crippen molar-refractivity contribution in [3.8, 4) is 0 Å². The van der Waals surface area contributed by atoms with Crippen LogP contribution < -0.4 is 0 Å². The quantitative estimate of drug-likeness (QED) is 0.113. The molecular weight excluding hydrogens is 632 g/mol. The minimum absolute atomic E-state index is 0.00342. The monoisotopic (exact) mass is 698 g/mol. The van der Waals surface area contributed by atoms with Crippen molar-refractivity contribution in [1.29, 1.82) is 0 Å². The fourth-order valence-electron chi connectivity index (χ4n) is 14.0. The van der Waals surface area contributed by atoms with Crippen molar-refractivity contribution in [3.05, 3.63) is 12.2 Å². The van der Waals surface area contributed by atoms with Gasteiger partial charge >= 0.3 is 17.9 Å². The molecule has 282 valence electrons. The molecule has 8 heteroatoms. The second-order valence-electron chi connectivity index (χ2n) is 19.0. The maximum Gasteiger partial charge on any atom is 0.303 e. The fraction of sp³-hybridized carbons (Fsp3) is 0.881. The molecule has 0 radical (unpaired) electrons. The van der Waals surface area contributed by atoms with Gasteiger partial charge in [-0.2, -0.15) is 0 Å². The van der Waals surface area contributed by atoms with Gasteiger partial charge in [-0.3, -0.25) is 14.4 Å². The summed E-state index contributed by atoms with van der Waals surface area (Å²) in [5.41, 5.74) is 1.95. The number of ether oxygens (including phenoxy) is 5. The minimum atomic E-state index is -0.659. The van der Waals surface area contributed by atoms with E-state index in [-0.39, 0.29) is 39.1 Å². The van der Waals surface area contributed by atoms with E-state index < -0.39 is 36.5 Å². The van der Waals surface area contributed by atoms with E-state index in [4.69, 9.17) is 23.7 Å². The van der Waals surface area contributed by atoms with Crippen LogP contribution in [0.4, 0.5) is 0 Å². The summed E-state index contributed by atoms with van der Waals surface area (Å²) in [6.07, 6.45) is 9.68. The molecule has 50 heavy (non-hydrogen) atoms. The van der Waals surface area contributed by atoms with Crippen LogP contribution in [0.25, 0.3) is 0 Å². The Kier molecular flexibility index (Phi) is 9.97. The number of carbonyl (C=O) groups excluding carboxylic acids is 3. The highest BCUT2D eigenvalue weighted by molar-refractivity contribution is 5.67. The van der Waals surface area contributed by atoms with Gasteiger partial charge in [-0.25, -0.2) is 0 Å². The molecule has 6 fully saturated rings. The zero-order chi connectivity index (χ0) is 36.6. The van der Waals surface area contributed by atoms with Gasteiger partial charge in [-0.1, -0.05) is 46.8 Å². The first-order chi connectivity index (χ1) is 23.3. The summed E-state index contributed by atoms with van der Waals surface area (Å²) >= 11 is 0. The highest BCUT2D eigenvalue weighted by atomic mass is 16.7. The molecular formula is C42H66O8. The zero-order valence-electron chi connectivity index (χ0n) is 32.7. The van der Waals surface area contributed by atoms with Gasteiger partial charge in [0.25, 0.3) is 0 Å².